The Balaban J connectivity index is 0.737. The van der Waals surface area contributed by atoms with Crippen molar-refractivity contribution in [2.75, 3.05) is 82.5 Å². The Morgan fingerprint density at radius 1 is 0.930 bits per heavy atom. The summed E-state index contributed by atoms with van der Waals surface area (Å²) in [6, 6.07) is 17.5. The number of hydrogen-bond donors (Lipinski definition) is 2. The Hall–Kier alpha value is -5.33. The molecule has 296 valence electrons. The highest BCUT2D eigenvalue weighted by molar-refractivity contribution is 7.13. The molecule has 3 aliphatic heterocycles. The van der Waals surface area contributed by atoms with Gasteiger partial charge in [-0.3, -0.25) is 42.7 Å². The van der Waals surface area contributed by atoms with Crippen molar-refractivity contribution in [3.63, 3.8) is 0 Å². The van der Waals surface area contributed by atoms with E-state index in [1.54, 1.807) is 71.8 Å². The number of benzene rings is 1. The number of carbonyl (C=O) groups excluding carboxylic acids is 3. The Labute approximate surface area is 333 Å². The Bertz CT molecular complexity index is 2130. The number of nitrogens with one attached hydrogen (secondary N) is 2. The van der Waals surface area contributed by atoms with Crippen LogP contribution in [0.4, 0.5) is 25.8 Å². The number of fused-ring (bicyclic) bond motifs is 2. The molecule has 3 aliphatic rings. The van der Waals surface area contributed by atoms with Gasteiger partial charge < -0.3 is 24.6 Å². The fraction of sp³-hybridized carbons (Fsp3) is 0.325. The molecule has 13 nitrogen and oxygen atoms in total. The maximum Gasteiger partial charge on any atom is 0.678 e. The van der Waals surface area contributed by atoms with Crippen molar-refractivity contribution in [3.05, 3.63) is 101 Å². The average Bonchev–Trinajstić information content (AvgIpc) is 3.99. The first-order valence-electron chi connectivity index (χ1n) is 18.9. The summed E-state index contributed by atoms with van der Waals surface area (Å²) in [5.41, 5.74) is 3.53. The second-order valence-corrected chi connectivity index (χ2v) is 14.5. The number of halogens is 2. The predicted molar refractivity (Wildman–Crippen MR) is 218 cm³/mol. The minimum absolute atomic E-state index is 0.122. The normalized spacial score (nSPS) is 16.2. The van der Waals surface area contributed by atoms with Gasteiger partial charge in [0.1, 0.15) is 0 Å². The highest BCUT2D eigenvalue weighted by Crippen LogP contribution is 2.36. The molecular formula is C40H43BF2N8O5S. The van der Waals surface area contributed by atoms with Crippen LogP contribution in [0.1, 0.15) is 28.9 Å². The van der Waals surface area contributed by atoms with Crippen LogP contribution in [0, 0.1) is 0 Å². The predicted octanol–water partition coefficient (Wildman–Crippen LogP) is 5.21. The molecule has 0 spiro atoms. The molecule has 0 atom stereocenters. The average molecular weight is 797 g/mol. The van der Waals surface area contributed by atoms with Crippen LogP contribution < -0.4 is 15.5 Å². The lowest BCUT2D eigenvalue weighted by Gasteiger charge is -2.35. The van der Waals surface area contributed by atoms with E-state index in [-0.39, 0.29) is 30.7 Å². The van der Waals surface area contributed by atoms with Crippen LogP contribution >= 0.6 is 11.3 Å². The largest absolute Gasteiger partial charge is 0.678 e. The van der Waals surface area contributed by atoms with Crippen LogP contribution in [-0.2, 0) is 19.1 Å². The van der Waals surface area contributed by atoms with Gasteiger partial charge in [-0.1, -0.05) is 18.2 Å². The van der Waals surface area contributed by atoms with E-state index in [4.69, 9.17) is 9.47 Å². The maximum absolute atomic E-state index is 13.9. The second kappa shape index (κ2) is 19.2. The van der Waals surface area contributed by atoms with Crippen molar-refractivity contribution in [1.82, 2.24) is 24.6 Å². The first kappa shape index (κ1) is 39.9. The Kier molecular flexibility index (Phi) is 13.4. The summed E-state index contributed by atoms with van der Waals surface area (Å²) in [6.07, 6.45) is 7.49. The van der Waals surface area contributed by atoms with Crippen LogP contribution in [-0.4, -0.2) is 122 Å². The van der Waals surface area contributed by atoms with E-state index in [1.807, 2.05) is 23.6 Å². The molecular weight excluding hydrogens is 753 g/mol. The van der Waals surface area contributed by atoms with Gasteiger partial charge in [0.05, 0.1) is 61.3 Å². The van der Waals surface area contributed by atoms with Crippen molar-refractivity contribution in [1.29, 1.82) is 0 Å². The Morgan fingerprint density at radius 3 is 2.54 bits per heavy atom. The number of aliphatic imine (C=N–C) groups is 1. The molecule has 57 heavy (non-hydrogen) atoms. The van der Waals surface area contributed by atoms with Gasteiger partial charge >= 0.3 is 7.40 Å². The summed E-state index contributed by atoms with van der Waals surface area (Å²) >= 11 is 1.41. The zero-order valence-corrected chi connectivity index (χ0v) is 32.1. The lowest BCUT2D eigenvalue weighted by atomic mass is 10.1. The smallest absolute Gasteiger partial charge is 0.378 e. The van der Waals surface area contributed by atoms with Crippen LogP contribution in [0.15, 0.2) is 95.1 Å². The minimum atomic E-state index is -2.69. The molecule has 0 aliphatic carbocycles. The van der Waals surface area contributed by atoms with E-state index in [2.05, 4.69) is 30.4 Å². The van der Waals surface area contributed by atoms with Gasteiger partial charge in [-0.2, -0.15) is 0 Å². The highest BCUT2D eigenvalue weighted by atomic mass is 32.1. The third-order valence-electron chi connectivity index (χ3n) is 9.74. The molecule has 1 aromatic carbocycles. The van der Waals surface area contributed by atoms with Gasteiger partial charge in [0.25, 0.3) is 5.91 Å². The van der Waals surface area contributed by atoms with E-state index < -0.39 is 7.40 Å². The van der Waals surface area contributed by atoms with E-state index >= 15 is 0 Å². The van der Waals surface area contributed by atoms with Crippen molar-refractivity contribution < 1.29 is 32.5 Å². The van der Waals surface area contributed by atoms with Crippen molar-refractivity contribution in [2.24, 2.45) is 4.99 Å². The number of para-hydroxylation sites is 1. The Morgan fingerprint density at radius 2 is 1.74 bits per heavy atom. The van der Waals surface area contributed by atoms with Crippen LogP contribution in [0.25, 0.3) is 16.6 Å². The summed E-state index contributed by atoms with van der Waals surface area (Å²) in [4.78, 5) is 54.6. The molecule has 6 heterocycles. The third-order valence-corrected chi connectivity index (χ3v) is 10.6. The lowest BCUT2D eigenvalue weighted by molar-refractivity contribution is -0.121. The van der Waals surface area contributed by atoms with Gasteiger partial charge in [0.15, 0.2) is 5.82 Å². The number of amides is 3. The SMILES string of the molecule is O=C(CCC1=N/C(=C\c2ccc(-c3cccs3)n2B(F)F)C=C1)NCCOCCOCCN1CCN(CC(=O)N2c3ccccc3C(=O)Nc3cccnc32)CC1. The summed E-state index contributed by atoms with van der Waals surface area (Å²) in [7, 11) is -2.69. The number of ether oxygens (including phenoxy) is 2. The number of hydrogen-bond acceptors (Lipinski definition) is 10. The molecule has 0 saturated carbocycles. The third kappa shape index (κ3) is 10.2. The van der Waals surface area contributed by atoms with Crippen molar-refractivity contribution >= 4 is 65.4 Å². The molecule has 4 aromatic rings. The van der Waals surface area contributed by atoms with E-state index in [0.29, 0.717) is 84.9 Å². The zero-order chi connectivity index (χ0) is 39.6. The summed E-state index contributed by atoms with van der Waals surface area (Å²) in [5.74, 6) is -0.138. The zero-order valence-electron chi connectivity index (χ0n) is 31.3. The number of aromatic nitrogens is 2. The number of anilines is 3. The molecule has 7 rings (SSSR count). The van der Waals surface area contributed by atoms with Gasteiger partial charge in [0.2, 0.25) is 11.8 Å². The first-order valence-corrected chi connectivity index (χ1v) is 19.8. The fourth-order valence-electron chi connectivity index (χ4n) is 6.85. The number of piperazine rings is 1. The first-order chi connectivity index (χ1) is 27.8. The van der Waals surface area contributed by atoms with Crippen LogP contribution in [0.5, 0.6) is 0 Å². The van der Waals surface area contributed by atoms with Gasteiger partial charge in [0, 0.05) is 68.2 Å². The molecule has 0 bridgehead atoms. The molecule has 1 fully saturated rings. The molecule has 2 N–H and O–H groups in total. The van der Waals surface area contributed by atoms with Gasteiger partial charge in [-0.05, 0) is 72.5 Å². The highest BCUT2D eigenvalue weighted by Gasteiger charge is 2.32. The van der Waals surface area contributed by atoms with E-state index in [1.165, 1.54) is 11.3 Å². The summed E-state index contributed by atoms with van der Waals surface area (Å²) in [5, 5.41) is 7.57. The lowest BCUT2D eigenvalue weighted by Crippen LogP contribution is -2.50. The molecule has 3 amide bonds. The van der Waals surface area contributed by atoms with Gasteiger partial charge in [-0.25, -0.2) is 4.98 Å². The van der Waals surface area contributed by atoms with Gasteiger partial charge in [-0.15, -0.1) is 11.3 Å². The van der Waals surface area contributed by atoms with E-state index in [0.717, 1.165) is 42.1 Å². The van der Waals surface area contributed by atoms with E-state index in [9.17, 15) is 23.0 Å². The number of nitrogens with zero attached hydrogens (tertiary/aromatic N) is 6. The number of pyridine rings is 1. The molecule has 3 aromatic heterocycles. The number of thiophene rings is 1. The topological polar surface area (TPSA) is 134 Å². The van der Waals surface area contributed by atoms with Crippen molar-refractivity contribution in [3.8, 4) is 10.6 Å². The molecule has 17 heteroatoms. The quantitative estimate of drug-likeness (QED) is 0.110. The fourth-order valence-corrected chi connectivity index (χ4v) is 7.60. The maximum atomic E-state index is 13.9. The molecule has 0 radical (unpaired) electrons. The summed E-state index contributed by atoms with van der Waals surface area (Å²) < 4.78 is 40.2. The second-order valence-electron chi connectivity index (χ2n) is 13.5. The molecule has 1 saturated heterocycles. The van der Waals surface area contributed by atoms with Crippen LogP contribution in [0.3, 0.4) is 0 Å². The number of carbonyl (C=O) groups is 3. The molecule has 0 unspecified atom stereocenters. The number of allylic oxidation sites excluding steroid dienone is 2. The van der Waals surface area contributed by atoms with Crippen molar-refractivity contribution in [2.45, 2.75) is 12.8 Å². The minimum Gasteiger partial charge on any atom is -0.378 e. The van der Waals surface area contributed by atoms with Crippen LogP contribution in [0.2, 0.25) is 0 Å². The monoisotopic (exact) mass is 796 g/mol. The number of rotatable bonds is 17. The standard InChI is InChI=1S/C40H43BF2N8O5S/c42-41(43)51-31(12-13-35(51)36-8-4-26-57-36)27-30-10-9-29(46-30)11-14-37(52)44-16-22-55-24-25-56-23-21-48-17-19-49(20-18-48)28-38(53)50-34-7-2-1-5-32(34)40(54)47-33-6-3-15-45-39(33)50/h1-10,12-13,15,26-27H,11,14,16-25,28H2,(H,44,52)(H,47,54)/b30-27-. The summed E-state index contributed by atoms with van der Waals surface area (Å²) in [6.45, 7) is 6.14.